The van der Waals surface area contributed by atoms with Gasteiger partial charge in [0.2, 0.25) is 6.29 Å². The summed E-state index contributed by atoms with van der Waals surface area (Å²) in [5, 5.41) is 21.4. The molecular weight excluding hydrogens is 422 g/mol. The van der Waals surface area contributed by atoms with Crippen molar-refractivity contribution in [1.82, 2.24) is 5.32 Å². The van der Waals surface area contributed by atoms with Gasteiger partial charge in [0.05, 0.1) is 24.4 Å². The van der Waals surface area contributed by atoms with Gasteiger partial charge in [-0.05, 0) is 35.4 Å². The first-order chi connectivity index (χ1) is 14.6. The Balaban J connectivity index is 1.95. The van der Waals surface area contributed by atoms with Gasteiger partial charge in [0.25, 0.3) is 5.91 Å². The van der Waals surface area contributed by atoms with Crippen molar-refractivity contribution in [2.24, 2.45) is 0 Å². The number of ether oxygens (including phenoxy) is 2. The molecule has 1 fully saturated rings. The van der Waals surface area contributed by atoms with Gasteiger partial charge in [0.1, 0.15) is 5.75 Å². The van der Waals surface area contributed by atoms with Crippen LogP contribution >= 0.6 is 0 Å². The summed E-state index contributed by atoms with van der Waals surface area (Å²) in [5.41, 5.74) is -0.369. The van der Waals surface area contributed by atoms with E-state index in [1.807, 2.05) is 0 Å². The van der Waals surface area contributed by atoms with Crippen molar-refractivity contribution in [1.29, 1.82) is 0 Å². The number of hydrogen-bond donors (Lipinski definition) is 3. The molecule has 4 atom stereocenters. The van der Waals surface area contributed by atoms with E-state index in [0.29, 0.717) is 5.56 Å². The van der Waals surface area contributed by atoms with Crippen LogP contribution in [0.4, 0.5) is 17.6 Å². The fraction of sp³-hybridized carbons (Fsp3) is 0.381. The van der Waals surface area contributed by atoms with E-state index in [9.17, 15) is 32.6 Å². The first-order valence-corrected chi connectivity index (χ1v) is 9.43. The standard InChI is InChI=1S/C21H21F4NO5/c1-26-19(29)13-4-2-3-11(7-13)12-5-6-17(15(8-12)21(23,24)25)31-20-18(22)16(28)9-14(10-27)30-20/h2-8,14,16,18,20,27-28H,9-10H2,1H3,(H,26,29). The fourth-order valence-corrected chi connectivity index (χ4v) is 3.25. The number of alkyl halides is 4. The van der Waals surface area contributed by atoms with Crippen LogP contribution in [-0.2, 0) is 10.9 Å². The molecular formula is C21H21F4NO5. The Hall–Kier alpha value is -2.69. The number of amides is 1. The number of aliphatic hydroxyl groups excluding tert-OH is 2. The third-order valence-corrected chi connectivity index (χ3v) is 4.88. The fourth-order valence-electron chi connectivity index (χ4n) is 3.25. The summed E-state index contributed by atoms with van der Waals surface area (Å²) in [6.07, 6.45) is -11.5. The normalized spacial score (nSPS) is 24.0. The lowest BCUT2D eigenvalue weighted by Gasteiger charge is -2.35. The second-order valence-electron chi connectivity index (χ2n) is 7.04. The molecule has 0 spiro atoms. The quantitative estimate of drug-likeness (QED) is 0.619. The van der Waals surface area contributed by atoms with E-state index in [4.69, 9.17) is 9.47 Å². The summed E-state index contributed by atoms with van der Waals surface area (Å²) in [6.45, 7) is -0.545. The first kappa shape index (κ1) is 23.0. The Morgan fingerprint density at radius 1 is 1.23 bits per heavy atom. The Labute approximate surface area is 175 Å². The topological polar surface area (TPSA) is 88.0 Å². The maximum atomic E-state index is 14.3. The van der Waals surface area contributed by atoms with Gasteiger partial charge in [-0.1, -0.05) is 18.2 Å². The second-order valence-corrected chi connectivity index (χ2v) is 7.04. The number of hydrogen-bond acceptors (Lipinski definition) is 5. The van der Waals surface area contributed by atoms with E-state index >= 15 is 0 Å². The zero-order valence-corrected chi connectivity index (χ0v) is 16.4. The maximum absolute atomic E-state index is 14.3. The SMILES string of the molecule is CNC(=O)c1cccc(-c2ccc(OC3OC(CO)CC(O)C3F)c(C(F)(F)F)c2)c1. The molecule has 4 unspecified atom stereocenters. The van der Waals surface area contributed by atoms with Crippen molar-refractivity contribution in [3.8, 4) is 16.9 Å². The molecule has 1 heterocycles. The number of carbonyl (C=O) groups is 1. The number of carbonyl (C=O) groups excluding carboxylic acids is 1. The average Bonchev–Trinajstić information content (AvgIpc) is 2.75. The molecule has 168 valence electrons. The van der Waals surface area contributed by atoms with Gasteiger partial charge in [0, 0.05) is 19.0 Å². The first-order valence-electron chi connectivity index (χ1n) is 9.43. The summed E-state index contributed by atoms with van der Waals surface area (Å²) in [6, 6.07) is 9.24. The minimum atomic E-state index is -4.83. The number of rotatable bonds is 5. The van der Waals surface area contributed by atoms with Gasteiger partial charge < -0.3 is 25.0 Å². The summed E-state index contributed by atoms with van der Waals surface area (Å²) >= 11 is 0. The van der Waals surface area contributed by atoms with Gasteiger partial charge in [-0.2, -0.15) is 13.2 Å². The highest BCUT2D eigenvalue weighted by Gasteiger charge is 2.42. The number of halogens is 4. The van der Waals surface area contributed by atoms with E-state index < -0.39 is 54.7 Å². The van der Waals surface area contributed by atoms with E-state index in [1.54, 1.807) is 6.07 Å². The van der Waals surface area contributed by atoms with Crippen molar-refractivity contribution in [2.45, 2.75) is 37.3 Å². The van der Waals surface area contributed by atoms with Crippen LogP contribution in [-0.4, -0.2) is 54.4 Å². The van der Waals surface area contributed by atoms with Crippen molar-refractivity contribution in [2.75, 3.05) is 13.7 Å². The third kappa shape index (κ3) is 5.15. The molecule has 0 bridgehead atoms. The van der Waals surface area contributed by atoms with Crippen LogP contribution in [0.5, 0.6) is 5.75 Å². The molecule has 1 aliphatic rings. The smallest absolute Gasteiger partial charge is 0.419 e. The molecule has 1 aliphatic heterocycles. The lowest BCUT2D eigenvalue weighted by molar-refractivity contribution is -0.223. The second kappa shape index (κ2) is 9.21. The van der Waals surface area contributed by atoms with Crippen molar-refractivity contribution in [3.63, 3.8) is 0 Å². The Morgan fingerprint density at radius 3 is 2.58 bits per heavy atom. The van der Waals surface area contributed by atoms with Crippen molar-refractivity contribution in [3.05, 3.63) is 53.6 Å². The van der Waals surface area contributed by atoms with Gasteiger partial charge in [-0.15, -0.1) is 0 Å². The lowest BCUT2D eigenvalue weighted by Crippen LogP contribution is -2.49. The van der Waals surface area contributed by atoms with Crippen LogP contribution in [0.1, 0.15) is 22.3 Å². The van der Waals surface area contributed by atoms with E-state index in [2.05, 4.69) is 5.32 Å². The highest BCUT2D eigenvalue weighted by atomic mass is 19.4. The number of nitrogens with one attached hydrogen (secondary N) is 1. The van der Waals surface area contributed by atoms with Crippen molar-refractivity contribution >= 4 is 5.91 Å². The molecule has 6 nitrogen and oxygen atoms in total. The molecule has 3 N–H and O–H groups in total. The largest absolute Gasteiger partial charge is 0.461 e. The monoisotopic (exact) mass is 443 g/mol. The molecule has 1 amide bonds. The predicted octanol–water partition coefficient (Wildman–Crippen LogP) is 2.92. The molecule has 1 saturated heterocycles. The lowest BCUT2D eigenvalue weighted by atomic mass is 10.00. The molecule has 0 aromatic heterocycles. The van der Waals surface area contributed by atoms with Gasteiger partial charge in [-0.3, -0.25) is 4.79 Å². The van der Waals surface area contributed by atoms with Gasteiger partial charge >= 0.3 is 6.18 Å². The molecule has 0 aliphatic carbocycles. The van der Waals surface area contributed by atoms with Crippen LogP contribution < -0.4 is 10.1 Å². The van der Waals surface area contributed by atoms with Crippen LogP contribution in [0.3, 0.4) is 0 Å². The molecule has 3 rings (SSSR count). The molecule has 10 heteroatoms. The number of aliphatic hydroxyl groups is 2. The zero-order valence-electron chi connectivity index (χ0n) is 16.4. The molecule has 2 aromatic carbocycles. The summed E-state index contributed by atoms with van der Waals surface area (Å²) in [4.78, 5) is 11.8. The van der Waals surface area contributed by atoms with Crippen LogP contribution in [0, 0.1) is 0 Å². The third-order valence-electron chi connectivity index (χ3n) is 4.88. The van der Waals surface area contributed by atoms with E-state index in [0.717, 1.165) is 12.1 Å². The van der Waals surface area contributed by atoms with Crippen LogP contribution in [0.15, 0.2) is 42.5 Å². The molecule has 0 radical (unpaired) electrons. The van der Waals surface area contributed by atoms with E-state index in [1.165, 1.54) is 31.3 Å². The predicted molar refractivity (Wildman–Crippen MR) is 102 cm³/mol. The minimum Gasteiger partial charge on any atom is -0.461 e. The Morgan fingerprint density at radius 2 is 1.94 bits per heavy atom. The van der Waals surface area contributed by atoms with Crippen LogP contribution in [0.25, 0.3) is 11.1 Å². The minimum absolute atomic E-state index is 0.167. The Bertz CT molecular complexity index is 936. The van der Waals surface area contributed by atoms with Gasteiger partial charge in [0.15, 0.2) is 6.17 Å². The van der Waals surface area contributed by atoms with Crippen LogP contribution in [0.2, 0.25) is 0 Å². The molecule has 31 heavy (non-hydrogen) atoms. The highest BCUT2D eigenvalue weighted by molar-refractivity contribution is 5.95. The average molecular weight is 443 g/mol. The molecule has 2 aromatic rings. The summed E-state index contributed by atoms with van der Waals surface area (Å²) < 4.78 is 65.7. The zero-order chi connectivity index (χ0) is 22.8. The summed E-state index contributed by atoms with van der Waals surface area (Å²) in [5.74, 6) is -1.07. The summed E-state index contributed by atoms with van der Waals surface area (Å²) in [7, 11) is 1.44. The molecule has 0 saturated carbocycles. The maximum Gasteiger partial charge on any atom is 0.419 e. The van der Waals surface area contributed by atoms with E-state index in [-0.39, 0.29) is 17.5 Å². The number of benzene rings is 2. The highest BCUT2D eigenvalue weighted by Crippen LogP contribution is 2.40. The Kier molecular flexibility index (Phi) is 6.83. The van der Waals surface area contributed by atoms with Crippen molar-refractivity contribution < 1.29 is 42.0 Å². The van der Waals surface area contributed by atoms with Gasteiger partial charge in [-0.25, -0.2) is 4.39 Å².